The van der Waals surface area contributed by atoms with Crippen LogP contribution in [0.3, 0.4) is 0 Å². The number of hydrogen-bond donors (Lipinski definition) is 2. The number of carbonyl (C=O) groups excluding carboxylic acids is 2. The van der Waals surface area contributed by atoms with Crippen molar-refractivity contribution in [2.75, 3.05) is 18.5 Å². The third kappa shape index (κ3) is 4.77. The Bertz CT molecular complexity index is 526. The predicted molar refractivity (Wildman–Crippen MR) is 81.4 cm³/mol. The van der Waals surface area contributed by atoms with Crippen LogP contribution in [-0.4, -0.2) is 25.0 Å². The second kappa shape index (κ2) is 7.11. The molecule has 0 aliphatic carbocycles. The molecule has 2 N–H and O–H groups in total. The number of benzene rings is 1. The van der Waals surface area contributed by atoms with E-state index in [2.05, 4.69) is 24.5 Å². The van der Waals surface area contributed by atoms with Crippen molar-refractivity contribution >= 4 is 17.5 Å². The predicted octanol–water partition coefficient (Wildman–Crippen LogP) is 2.11. The molecule has 5 nitrogen and oxygen atoms in total. The molecule has 0 radical (unpaired) electrons. The van der Waals surface area contributed by atoms with Gasteiger partial charge in [-0.15, -0.1) is 0 Å². The normalized spacial score (nSPS) is 14.0. The van der Waals surface area contributed by atoms with E-state index in [1.54, 1.807) is 12.1 Å². The highest BCUT2D eigenvalue weighted by atomic mass is 16.5. The molecule has 1 aromatic carbocycles. The first-order valence-electron chi connectivity index (χ1n) is 7.37. The monoisotopic (exact) mass is 290 g/mol. The zero-order valence-electron chi connectivity index (χ0n) is 12.6. The van der Waals surface area contributed by atoms with Crippen molar-refractivity contribution in [3.63, 3.8) is 0 Å². The number of hydrogen-bond acceptors (Lipinski definition) is 3. The van der Waals surface area contributed by atoms with Crippen molar-refractivity contribution in [1.82, 2.24) is 5.32 Å². The van der Waals surface area contributed by atoms with Crippen LogP contribution < -0.4 is 15.4 Å². The van der Waals surface area contributed by atoms with Gasteiger partial charge in [0.15, 0.2) is 0 Å². The van der Waals surface area contributed by atoms with Gasteiger partial charge in [0.25, 0.3) is 0 Å². The molecule has 0 bridgehead atoms. The minimum atomic E-state index is -0.0627. The fourth-order valence-electron chi connectivity index (χ4n) is 2.13. The van der Waals surface area contributed by atoms with Crippen LogP contribution >= 0.6 is 0 Å². The maximum atomic E-state index is 11.9. The molecule has 5 heteroatoms. The smallest absolute Gasteiger partial charge is 0.227 e. The van der Waals surface area contributed by atoms with E-state index in [9.17, 15) is 9.59 Å². The van der Waals surface area contributed by atoms with Gasteiger partial charge in [-0.1, -0.05) is 19.9 Å². The topological polar surface area (TPSA) is 67.4 Å². The molecule has 2 amide bonds. The summed E-state index contributed by atoms with van der Waals surface area (Å²) in [7, 11) is 0. The van der Waals surface area contributed by atoms with Crippen LogP contribution in [0.25, 0.3) is 0 Å². The Balaban J connectivity index is 1.95. The molecule has 1 aromatic rings. The lowest BCUT2D eigenvalue weighted by Gasteiger charge is -2.10. The second-order valence-electron chi connectivity index (χ2n) is 5.69. The van der Waals surface area contributed by atoms with Crippen LogP contribution in [0.15, 0.2) is 18.2 Å². The Kier molecular flexibility index (Phi) is 5.20. The number of fused-ring (bicyclic) bond motifs is 1. The van der Waals surface area contributed by atoms with E-state index in [-0.39, 0.29) is 11.8 Å². The first-order valence-corrected chi connectivity index (χ1v) is 7.37. The molecule has 1 aliphatic heterocycles. The zero-order chi connectivity index (χ0) is 15.2. The lowest BCUT2D eigenvalue weighted by Crippen LogP contribution is -2.26. The van der Waals surface area contributed by atoms with Gasteiger partial charge in [-0.05, 0) is 30.0 Å². The van der Waals surface area contributed by atoms with E-state index in [4.69, 9.17) is 4.74 Å². The van der Waals surface area contributed by atoms with Gasteiger partial charge < -0.3 is 15.4 Å². The van der Waals surface area contributed by atoms with E-state index in [0.717, 1.165) is 12.0 Å². The van der Waals surface area contributed by atoms with Crippen molar-refractivity contribution in [3.05, 3.63) is 23.8 Å². The first kappa shape index (κ1) is 15.4. The fraction of sp³-hybridized carbons (Fsp3) is 0.500. The lowest BCUT2D eigenvalue weighted by molar-refractivity contribution is -0.120. The number of ether oxygens (including phenoxy) is 1. The van der Waals surface area contributed by atoms with Crippen molar-refractivity contribution in [1.29, 1.82) is 0 Å². The molecular weight excluding hydrogens is 268 g/mol. The van der Waals surface area contributed by atoms with Gasteiger partial charge in [0, 0.05) is 6.54 Å². The maximum absolute atomic E-state index is 11.9. The quantitative estimate of drug-likeness (QED) is 0.872. The highest BCUT2D eigenvalue weighted by Crippen LogP contribution is 2.28. The van der Waals surface area contributed by atoms with Crippen LogP contribution in [0, 0.1) is 5.92 Å². The number of rotatable bonds is 5. The molecule has 0 fully saturated rings. The molecule has 114 valence electrons. The molecule has 1 aliphatic rings. The van der Waals surface area contributed by atoms with Crippen LogP contribution in [0.5, 0.6) is 5.75 Å². The highest BCUT2D eigenvalue weighted by molar-refractivity contribution is 5.93. The van der Waals surface area contributed by atoms with Gasteiger partial charge in [0.2, 0.25) is 11.8 Å². The van der Waals surface area contributed by atoms with Crippen molar-refractivity contribution in [3.8, 4) is 5.75 Å². The Morgan fingerprint density at radius 1 is 1.43 bits per heavy atom. The number of anilines is 1. The summed E-state index contributed by atoms with van der Waals surface area (Å²) in [4.78, 5) is 23.4. The van der Waals surface area contributed by atoms with E-state index in [0.29, 0.717) is 43.3 Å². The molecule has 1 heterocycles. The minimum absolute atomic E-state index is 0.00327. The average molecular weight is 290 g/mol. The largest absolute Gasteiger partial charge is 0.491 e. The molecule has 0 atom stereocenters. The van der Waals surface area contributed by atoms with Gasteiger partial charge in [0.05, 0.1) is 25.1 Å². The minimum Gasteiger partial charge on any atom is -0.491 e. The van der Waals surface area contributed by atoms with E-state index in [1.165, 1.54) is 0 Å². The third-order valence-corrected chi connectivity index (χ3v) is 3.31. The standard InChI is InChI=1S/C16H22N2O3/c1-11(2)5-7-17-16(20)10-12-3-4-14-13(9-12)18-15(19)6-8-21-14/h3-4,9,11H,5-8,10H2,1-2H3,(H,17,20)(H,18,19). The summed E-state index contributed by atoms with van der Waals surface area (Å²) in [6, 6.07) is 5.47. The van der Waals surface area contributed by atoms with E-state index < -0.39 is 0 Å². The summed E-state index contributed by atoms with van der Waals surface area (Å²) in [6.45, 7) is 5.33. The Labute approximate surface area is 125 Å². The summed E-state index contributed by atoms with van der Waals surface area (Å²) in [6.07, 6.45) is 1.63. The van der Waals surface area contributed by atoms with Crippen molar-refractivity contribution in [2.24, 2.45) is 5.92 Å². The molecule has 2 rings (SSSR count). The summed E-state index contributed by atoms with van der Waals surface area (Å²) in [5, 5.41) is 5.70. The second-order valence-corrected chi connectivity index (χ2v) is 5.69. The van der Waals surface area contributed by atoms with Crippen LogP contribution in [0.4, 0.5) is 5.69 Å². The summed E-state index contributed by atoms with van der Waals surface area (Å²) < 4.78 is 5.49. The molecule has 0 spiro atoms. The number of amides is 2. The number of carbonyl (C=O) groups is 2. The fourth-order valence-corrected chi connectivity index (χ4v) is 2.13. The SMILES string of the molecule is CC(C)CCNC(=O)Cc1ccc2c(c1)NC(=O)CCO2. The van der Waals surface area contributed by atoms with Crippen LogP contribution in [-0.2, 0) is 16.0 Å². The molecule has 0 saturated carbocycles. The third-order valence-electron chi connectivity index (χ3n) is 3.31. The van der Waals surface area contributed by atoms with Crippen molar-refractivity contribution < 1.29 is 14.3 Å². The maximum Gasteiger partial charge on any atom is 0.227 e. The van der Waals surface area contributed by atoms with Gasteiger partial charge in [-0.2, -0.15) is 0 Å². The van der Waals surface area contributed by atoms with E-state index in [1.807, 2.05) is 6.07 Å². The lowest BCUT2D eigenvalue weighted by atomic mass is 10.1. The van der Waals surface area contributed by atoms with Gasteiger partial charge in [-0.25, -0.2) is 0 Å². The number of nitrogens with one attached hydrogen (secondary N) is 2. The molecule has 0 aromatic heterocycles. The molecule has 0 saturated heterocycles. The van der Waals surface area contributed by atoms with E-state index >= 15 is 0 Å². The van der Waals surface area contributed by atoms with Crippen molar-refractivity contribution in [2.45, 2.75) is 33.1 Å². The summed E-state index contributed by atoms with van der Waals surface area (Å²) >= 11 is 0. The van der Waals surface area contributed by atoms with Gasteiger partial charge in [0.1, 0.15) is 5.75 Å². The zero-order valence-corrected chi connectivity index (χ0v) is 12.6. The van der Waals surface area contributed by atoms with Gasteiger partial charge >= 0.3 is 0 Å². The highest BCUT2D eigenvalue weighted by Gasteiger charge is 2.14. The van der Waals surface area contributed by atoms with Crippen LogP contribution in [0.2, 0.25) is 0 Å². The summed E-state index contributed by atoms with van der Waals surface area (Å²) in [5.41, 5.74) is 1.51. The summed E-state index contributed by atoms with van der Waals surface area (Å²) in [5.74, 6) is 1.17. The molecular formula is C16H22N2O3. The molecule has 21 heavy (non-hydrogen) atoms. The first-order chi connectivity index (χ1) is 10.0. The van der Waals surface area contributed by atoms with Gasteiger partial charge in [-0.3, -0.25) is 9.59 Å². The van der Waals surface area contributed by atoms with Crippen LogP contribution in [0.1, 0.15) is 32.3 Å². The Morgan fingerprint density at radius 3 is 3.00 bits per heavy atom. The Morgan fingerprint density at radius 2 is 2.24 bits per heavy atom. The Hall–Kier alpha value is -2.04. The molecule has 0 unspecified atom stereocenters. The average Bonchev–Trinajstić information content (AvgIpc) is 2.58.